The summed E-state index contributed by atoms with van der Waals surface area (Å²) < 4.78 is 11.1. The number of hydrogen-bond acceptors (Lipinski definition) is 5. The molecule has 20 heavy (non-hydrogen) atoms. The number of aryl methyl sites for hydroxylation is 1. The minimum Gasteiger partial charge on any atom is -0.493 e. The van der Waals surface area contributed by atoms with Crippen molar-refractivity contribution in [1.82, 2.24) is 4.98 Å². The minimum atomic E-state index is 0.0226. The normalized spacial score (nSPS) is 10.6. The fourth-order valence-corrected chi connectivity index (χ4v) is 3.07. The van der Waals surface area contributed by atoms with E-state index in [1.54, 1.807) is 7.11 Å². The fourth-order valence-electron chi connectivity index (χ4n) is 2.04. The average Bonchev–Trinajstić information content (AvgIpc) is 2.91. The van der Waals surface area contributed by atoms with Gasteiger partial charge in [0, 0.05) is 0 Å². The lowest BCUT2D eigenvalue weighted by molar-refractivity contribution is 0.284. The maximum absolute atomic E-state index is 9.40. The van der Waals surface area contributed by atoms with E-state index in [1.807, 2.05) is 32.0 Å². The molecule has 2 rings (SSSR count). The van der Waals surface area contributed by atoms with E-state index >= 15 is 0 Å². The van der Waals surface area contributed by atoms with Gasteiger partial charge >= 0.3 is 0 Å². The lowest BCUT2D eigenvalue weighted by atomic mass is 10.2. The van der Waals surface area contributed by atoms with Crippen LogP contribution in [0, 0.1) is 0 Å². The van der Waals surface area contributed by atoms with Crippen molar-refractivity contribution in [2.45, 2.75) is 26.9 Å². The summed E-state index contributed by atoms with van der Waals surface area (Å²) in [6.45, 7) is 4.56. The van der Waals surface area contributed by atoms with Gasteiger partial charge in [-0.25, -0.2) is 4.98 Å². The second-order valence-electron chi connectivity index (χ2n) is 4.17. The highest BCUT2D eigenvalue weighted by molar-refractivity contribution is 7.15. The van der Waals surface area contributed by atoms with Crippen LogP contribution in [0.3, 0.4) is 0 Å². The number of aromatic nitrogens is 1. The van der Waals surface area contributed by atoms with Crippen LogP contribution in [0.25, 0.3) is 10.6 Å². The standard InChI is InChI=1S/C15H19NO3S/c1-4-11-13(9-17)20-15(16-11)10-7-6-8-12(18-3)14(10)19-5-2/h6-8,17H,4-5,9H2,1-3H3. The molecule has 0 aliphatic carbocycles. The number of hydrogen-bond donors (Lipinski definition) is 1. The van der Waals surface area contributed by atoms with Crippen LogP contribution >= 0.6 is 11.3 Å². The number of para-hydroxylation sites is 1. The Morgan fingerprint density at radius 3 is 2.65 bits per heavy atom. The summed E-state index contributed by atoms with van der Waals surface area (Å²) in [7, 11) is 1.63. The molecule has 0 saturated carbocycles. The number of benzene rings is 1. The van der Waals surface area contributed by atoms with Gasteiger partial charge in [-0.3, -0.25) is 0 Å². The molecular formula is C15H19NO3S. The molecule has 1 aromatic carbocycles. The maximum atomic E-state index is 9.40. The molecule has 0 radical (unpaired) electrons. The number of ether oxygens (including phenoxy) is 2. The number of rotatable bonds is 6. The first-order valence-electron chi connectivity index (χ1n) is 6.64. The first-order valence-corrected chi connectivity index (χ1v) is 7.46. The molecule has 0 unspecified atom stereocenters. The maximum Gasteiger partial charge on any atom is 0.171 e. The Labute approximate surface area is 123 Å². The van der Waals surface area contributed by atoms with Gasteiger partial charge in [-0.1, -0.05) is 13.0 Å². The molecule has 1 heterocycles. The summed E-state index contributed by atoms with van der Waals surface area (Å²) in [4.78, 5) is 5.52. The molecule has 0 bridgehead atoms. The monoisotopic (exact) mass is 293 g/mol. The highest BCUT2D eigenvalue weighted by Gasteiger charge is 2.17. The lowest BCUT2D eigenvalue weighted by Crippen LogP contribution is -1.97. The van der Waals surface area contributed by atoms with E-state index in [2.05, 4.69) is 4.98 Å². The summed E-state index contributed by atoms with van der Waals surface area (Å²) in [5.41, 5.74) is 1.85. The lowest BCUT2D eigenvalue weighted by Gasteiger charge is -2.12. The van der Waals surface area contributed by atoms with Crippen molar-refractivity contribution >= 4 is 11.3 Å². The third-order valence-electron chi connectivity index (χ3n) is 2.97. The predicted octanol–water partition coefficient (Wildman–Crippen LogP) is 3.27. The van der Waals surface area contributed by atoms with Crippen LogP contribution in [0.4, 0.5) is 0 Å². The van der Waals surface area contributed by atoms with Crippen molar-refractivity contribution < 1.29 is 14.6 Å². The van der Waals surface area contributed by atoms with Gasteiger partial charge in [0.2, 0.25) is 0 Å². The van der Waals surface area contributed by atoms with Gasteiger partial charge in [0.15, 0.2) is 11.5 Å². The molecular weight excluding hydrogens is 274 g/mol. The van der Waals surface area contributed by atoms with Gasteiger partial charge in [0.1, 0.15) is 5.01 Å². The van der Waals surface area contributed by atoms with E-state index in [4.69, 9.17) is 9.47 Å². The second-order valence-corrected chi connectivity index (χ2v) is 5.25. The predicted molar refractivity (Wildman–Crippen MR) is 80.6 cm³/mol. The first kappa shape index (κ1) is 14.8. The summed E-state index contributed by atoms with van der Waals surface area (Å²) in [6.07, 6.45) is 0.806. The summed E-state index contributed by atoms with van der Waals surface area (Å²) in [6, 6.07) is 5.76. The number of nitrogens with zero attached hydrogens (tertiary/aromatic N) is 1. The molecule has 0 spiro atoms. The summed E-state index contributed by atoms with van der Waals surface area (Å²) in [5.74, 6) is 1.40. The Hall–Kier alpha value is -1.59. The fraction of sp³-hybridized carbons (Fsp3) is 0.400. The van der Waals surface area contributed by atoms with Gasteiger partial charge in [0.05, 0.1) is 36.5 Å². The molecule has 0 aliphatic heterocycles. The Balaban J connectivity index is 2.53. The molecule has 1 N–H and O–H groups in total. The second kappa shape index (κ2) is 6.72. The zero-order valence-corrected chi connectivity index (χ0v) is 12.8. The summed E-state index contributed by atoms with van der Waals surface area (Å²) >= 11 is 1.50. The Morgan fingerprint density at radius 1 is 1.30 bits per heavy atom. The van der Waals surface area contributed by atoms with Crippen LogP contribution < -0.4 is 9.47 Å². The van der Waals surface area contributed by atoms with Crippen molar-refractivity contribution in [3.05, 3.63) is 28.8 Å². The van der Waals surface area contributed by atoms with Gasteiger partial charge in [0.25, 0.3) is 0 Å². The number of aliphatic hydroxyl groups excluding tert-OH is 1. The van der Waals surface area contributed by atoms with E-state index in [9.17, 15) is 5.11 Å². The molecule has 1 aromatic heterocycles. The molecule has 0 atom stereocenters. The zero-order chi connectivity index (χ0) is 14.5. The van der Waals surface area contributed by atoms with Crippen LogP contribution in [0.5, 0.6) is 11.5 Å². The minimum absolute atomic E-state index is 0.0226. The quantitative estimate of drug-likeness (QED) is 0.888. The van der Waals surface area contributed by atoms with E-state index in [-0.39, 0.29) is 6.61 Å². The molecule has 4 nitrogen and oxygen atoms in total. The summed E-state index contributed by atoms with van der Waals surface area (Å²) in [5, 5.41) is 10.3. The van der Waals surface area contributed by atoms with E-state index in [0.717, 1.165) is 27.6 Å². The van der Waals surface area contributed by atoms with Crippen LogP contribution in [-0.4, -0.2) is 23.8 Å². The molecule has 108 valence electrons. The Morgan fingerprint density at radius 2 is 2.10 bits per heavy atom. The molecule has 0 amide bonds. The van der Waals surface area contributed by atoms with Crippen molar-refractivity contribution in [1.29, 1.82) is 0 Å². The third-order valence-corrected chi connectivity index (χ3v) is 4.09. The highest BCUT2D eigenvalue weighted by atomic mass is 32.1. The van der Waals surface area contributed by atoms with Crippen molar-refractivity contribution in [3.63, 3.8) is 0 Å². The van der Waals surface area contributed by atoms with Crippen molar-refractivity contribution in [2.24, 2.45) is 0 Å². The molecule has 0 aliphatic rings. The smallest absolute Gasteiger partial charge is 0.171 e. The van der Waals surface area contributed by atoms with Gasteiger partial charge < -0.3 is 14.6 Å². The molecule has 2 aromatic rings. The van der Waals surface area contributed by atoms with Crippen LogP contribution in [0.15, 0.2) is 18.2 Å². The molecule has 0 fully saturated rings. The number of thiazole rings is 1. The highest BCUT2D eigenvalue weighted by Crippen LogP contribution is 2.40. The van der Waals surface area contributed by atoms with E-state index < -0.39 is 0 Å². The van der Waals surface area contributed by atoms with Gasteiger partial charge in [-0.2, -0.15) is 0 Å². The van der Waals surface area contributed by atoms with E-state index in [1.165, 1.54) is 11.3 Å². The van der Waals surface area contributed by atoms with Crippen LogP contribution in [-0.2, 0) is 13.0 Å². The van der Waals surface area contributed by atoms with E-state index in [0.29, 0.717) is 18.1 Å². The SMILES string of the molecule is CCOc1c(OC)cccc1-c1nc(CC)c(CO)s1. The first-order chi connectivity index (χ1) is 9.74. The van der Waals surface area contributed by atoms with Gasteiger partial charge in [-0.05, 0) is 25.5 Å². The molecule has 5 heteroatoms. The van der Waals surface area contributed by atoms with Crippen LogP contribution in [0.1, 0.15) is 24.4 Å². The van der Waals surface area contributed by atoms with Crippen molar-refractivity contribution in [3.8, 4) is 22.1 Å². The third kappa shape index (κ3) is 2.78. The topological polar surface area (TPSA) is 51.6 Å². The number of aliphatic hydroxyl groups is 1. The largest absolute Gasteiger partial charge is 0.493 e. The van der Waals surface area contributed by atoms with Crippen LogP contribution in [0.2, 0.25) is 0 Å². The Bertz CT molecular complexity index is 559. The average molecular weight is 293 g/mol. The number of methoxy groups -OCH3 is 1. The Kier molecular flexibility index (Phi) is 4.98. The van der Waals surface area contributed by atoms with Gasteiger partial charge in [-0.15, -0.1) is 11.3 Å². The van der Waals surface area contributed by atoms with Crippen molar-refractivity contribution in [2.75, 3.05) is 13.7 Å². The molecule has 0 saturated heterocycles. The zero-order valence-electron chi connectivity index (χ0n) is 12.0.